The number of aryl methyl sites for hydroxylation is 1. The molecule has 0 bridgehead atoms. The van der Waals surface area contributed by atoms with E-state index in [4.69, 9.17) is 4.74 Å². The van der Waals surface area contributed by atoms with Crippen molar-refractivity contribution in [2.24, 2.45) is 11.8 Å². The average molecular weight is 481 g/mol. The summed E-state index contributed by atoms with van der Waals surface area (Å²) in [5.74, 6) is -0.614. The number of aromatic nitrogens is 3. The molecular formula is C27H33FN4O3. The van der Waals surface area contributed by atoms with Gasteiger partial charge in [0.05, 0.1) is 24.2 Å². The zero-order valence-electron chi connectivity index (χ0n) is 20.1. The molecule has 35 heavy (non-hydrogen) atoms. The van der Waals surface area contributed by atoms with E-state index in [1.54, 1.807) is 25.6 Å². The third-order valence-electron chi connectivity index (χ3n) is 7.05. The van der Waals surface area contributed by atoms with Crippen molar-refractivity contribution in [1.82, 2.24) is 20.1 Å². The molecule has 0 amide bonds. The zero-order valence-corrected chi connectivity index (χ0v) is 20.1. The first kappa shape index (κ1) is 25.0. The number of likely N-dealkylation sites (tertiary alicyclic amines) is 1. The normalized spacial score (nSPS) is 19.5. The van der Waals surface area contributed by atoms with Gasteiger partial charge in [0.25, 0.3) is 0 Å². The largest absolute Gasteiger partial charge is 0.497 e. The lowest BCUT2D eigenvalue weighted by atomic mass is 9.81. The van der Waals surface area contributed by atoms with Crippen LogP contribution in [0.15, 0.2) is 48.8 Å². The molecule has 186 valence electrons. The van der Waals surface area contributed by atoms with Gasteiger partial charge < -0.3 is 14.7 Å². The molecule has 4 rings (SSSR count). The van der Waals surface area contributed by atoms with Gasteiger partial charge in [-0.05, 0) is 99.5 Å². The van der Waals surface area contributed by atoms with Crippen LogP contribution in [-0.2, 0) is 11.2 Å². The Labute approximate surface area is 205 Å². The minimum Gasteiger partial charge on any atom is -0.497 e. The Hall–Kier alpha value is -3.13. The number of halogens is 1. The summed E-state index contributed by atoms with van der Waals surface area (Å²) in [6.45, 7) is 2.25. The van der Waals surface area contributed by atoms with E-state index in [1.165, 1.54) is 0 Å². The highest BCUT2D eigenvalue weighted by molar-refractivity contribution is 5.83. The molecule has 1 saturated heterocycles. The van der Waals surface area contributed by atoms with Gasteiger partial charge in [-0.2, -0.15) is 10.2 Å². The molecule has 0 saturated carbocycles. The molecule has 0 spiro atoms. The van der Waals surface area contributed by atoms with Crippen LogP contribution in [0, 0.1) is 11.8 Å². The van der Waals surface area contributed by atoms with Gasteiger partial charge in [-0.3, -0.25) is 9.78 Å². The van der Waals surface area contributed by atoms with Crippen LogP contribution >= 0.6 is 0 Å². The lowest BCUT2D eigenvalue weighted by Gasteiger charge is -2.37. The van der Waals surface area contributed by atoms with Crippen molar-refractivity contribution in [1.29, 1.82) is 0 Å². The number of unbranched alkanes of at least 4 members (excludes halogenated alkanes) is 1. The number of piperidine rings is 1. The van der Waals surface area contributed by atoms with Gasteiger partial charge in [0.15, 0.2) is 0 Å². The third-order valence-corrected chi connectivity index (χ3v) is 7.05. The van der Waals surface area contributed by atoms with E-state index >= 15 is 4.39 Å². The lowest BCUT2D eigenvalue weighted by Crippen LogP contribution is -2.44. The Morgan fingerprint density at radius 1 is 1.26 bits per heavy atom. The molecule has 1 N–H and O–H groups in total. The Morgan fingerprint density at radius 3 is 2.91 bits per heavy atom. The van der Waals surface area contributed by atoms with Crippen molar-refractivity contribution in [3.05, 3.63) is 60.0 Å². The summed E-state index contributed by atoms with van der Waals surface area (Å²) in [6, 6.07) is 11.0. The fourth-order valence-corrected chi connectivity index (χ4v) is 5.07. The molecule has 0 radical (unpaired) electrons. The molecule has 1 aromatic carbocycles. The summed E-state index contributed by atoms with van der Waals surface area (Å²) in [6.07, 6.45) is 6.58. The number of carboxylic acids is 1. The van der Waals surface area contributed by atoms with Gasteiger partial charge in [-0.15, -0.1) is 0 Å². The number of aliphatic carboxylic acids is 1. The maximum absolute atomic E-state index is 15.4. The molecule has 0 unspecified atom stereocenters. The topological polar surface area (TPSA) is 88.4 Å². The van der Waals surface area contributed by atoms with Crippen molar-refractivity contribution in [3.63, 3.8) is 0 Å². The van der Waals surface area contributed by atoms with Gasteiger partial charge >= 0.3 is 5.97 Å². The van der Waals surface area contributed by atoms with Crippen molar-refractivity contribution in [2.75, 3.05) is 26.7 Å². The van der Waals surface area contributed by atoms with Crippen molar-refractivity contribution in [3.8, 4) is 5.75 Å². The Kier molecular flexibility index (Phi) is 8.58. The quantitative estimate of drug-likeness (QED) is 0.392. The number of carbonyl (C=O) groups is 1. The maximum Gasteiger partial charge on any atom is 0.308 e. The molecule has 8 heteroatoms. The van der Waals surface area contributed by atoms with E-state index < -0.39 is 18.1 Å². The second-order valence-corrected chi connectivity index (χ2v) is 9.29. The number of alkyl halides is 1. The van der Waals surface area contributed by atoms with Crippen LogP contribution in [0.25, 0.3) is 10.9 Å². The number of nitrogens with zero attached hydrogens (tertiary/aromatic N) is 4. The molecule has 1 aliphatic rings. The SMILES string of the molecule is COc1ccc2nccc([C@@H](F)CC[C@@H]3CCN(CCCCc4cccnn4)C[C@@H]3C(=O)O)c2c1. The smallest absolute Gasteiger partial charge is 0.308 e. The predicted molar refractivity (Wildman–Crippen MR) is 132 cm³/mol. The highest BCUT2D eigenvalue weighted by Crippen LogP contribution is 2.35. The van der Waals surface area contributed by atoms with Gasteiger partial charge in [0, 0.05) is 24.3 Å². The second-order valence-electron chi connectivity index (χ2n) is 9.29. The van der Waals surface area contributed by atoms with E-state index in [1.807, 2.05) is 30.3 Å². The molecular weight excluding hydrogens is 447 g/mol. The van der Waals surface area contributed by atoms with Gasteiger partial charge in [-0.1, -0.05) is 0 Å². The molecule has 3 heterocycles. The van der Waals surface area contributed by atoms with Crippen LogP contribution in [0.4, 0.5) is 4.39 Å². The van der Waals surface area contributed by atoms with Crippen LogP contribution in [0.5, 0.6) is 5.75 Å². The van der Waals surface area contributed by atoms with Crippen LogP contribution in [-0.4, -0.2) is 57.9 Å². The van der Waals surface area contributed by atoms with Gasteiger partial charge in [-0.25, -0.2) is 4.39 Å². The third kappa shape index (κ3) is 6.51. The Bertz CT molecular complexity index is 1110. The summed E-state index contributed by atoms with van der Waals surface area (Å²) in [5.41, 5.74) is 2.29. The molecule has 3 atom stereocenters. The van der Waals surface area contributed by atoms with Crippen LogP contribution in [0.3, 0.4) is 0 Å². The molecule has 2 aromatic heterocycles. The van der Waals surface area contributed by atoms with Crippen molar-refractivity contribution >= 4 is 16.9 Å². The molecule has 1 fully saturated rings. The standard InChI is InChI=1S/C27H33FN4O3/c1-35-21-8-10-26-23(17-21)22(11-14-29-26)25(28)9-7-19-12-16-32(18-24(19)27(33)34)15-3-2-5-20-6-4-13-30-31-20/h4,6,8,10-11,13-14,17,19,24-25H,2-3,5,7,9,12,15-16,18H2,1H3,(H,33,34)/t19-,24+,25+/m1/s1. The summed E-state index contributed by atoms with van der Waals surface area (Å²) in [4.78, 5) is 18.6. The van der Waals surface area contributed by atoms with E-state index in [-0.39, 0.29) is 5.92 Å². The number of ether oxygens (including phenoxy) is 1. The minimum atomic E-state index is -1.18. The predicted octanol–water partition coefficient (Wildman–Crippen LogP) is 4.87. The number of fused-ring (bicyclic) bond motifs is 1. The highest BCUT2D eigenvalue weighted by atomic mass is 19.1. The van der Waals surface area contributed by atoms with Crippen molar-refractivity contribution in [2.45, 2.75) is 44.7 Å². The minimum absolute atomic E-state index is 0.0239. The number of pyridine rings is 1. The van der Waals surface area contributed by atoms with E-state index in [0.29, 0.717) is 30.7 Å². The summed E-state index contributed by atoms with van der Waals surface area (Å²) in [7, 11) is 1.58. The van der Waals surface area contributed by atoms with Gasteiger partial charge in [0.2, 0.25) is 0 Å². The first-order valence-electron chi connectivity index (χ1n) is 12.3. The zero-order chi connectivity index (χ0) is 24.6. The Balaban J connectivity index is 1.30. The number of carboxylic acid groups (broad SMARTS) is 1. The first-order valence-corrected chi connectivity index (χ1v) is 12.3. The fraction of sp³-hybridized carbons (Fsp3) is 0.481. The fourth-order valence-electron chi connectivity index (χ4n) is 5.07. The maximum atomic E-state index is 15.4. The van der Waals surface area contributed by atoms with E-state index in [9.17, 15) is 9.90 Å². The summed E-state index contributed by atoms with van der Waals surface area (Å²) >= 11 is 0. The monoisotopic (exact) mass is 480 g/mol. The summed E-state index contributed by atoms with van der Waals surface area (Å²) in [5, 5.41) is 18.6. The van der Waals surface area contributed by atoms with Gasteiger partial charge in [0.1, 0.15) is 11.9 Å². The second kappa shape index (κ2) is 12.0. The summed E-state index contributed by atoms with van der Waals surface area (Å²) < 4.78 is 20.7. The average Bonchev–Trinajstić information content (AvgIpc) is 2.89. The number of rotatable bonds is 11. The number of benzene rings is 1. The molecule has 7 nitrogen and oxygen atoms in total. The molecule has 1 aliphatic heterocycles. The van der Waals surface area contributed by atoms with Crippen LogP contribution in [0.1, 0.15) is 49.5 Å². The van der Waals surface area contributed by atoms with Crippen LogP contribution < -0.4 is 4.74 Å². The number of hydrogen-bond acceptors (Lipinski definition) is 6. The van der Waals surface area contributed by atoms with Crippen molar-refractivity contribution < 1.29 is 19.0 Å². The number of methoxy groups -OCH3 is 1. The first-order chi connectivity index (χ1) is 17.0. The highest BCUT2D eigenvalue weighted by Gasteiger charge is 2.34. The van der Waals surface area contributed by atoms with Crippen LogP contribution in [0.2, 0.25) is 0 Å². The number of hydrogen-bond donors (Lipinski definition) is 1. The van der Waals surface area contributed by atoms with E-state index in [0.717, 1.165) is 55.4 Å². The molecule has 0 aliphatic carbocycles. The lowest BCUT2D eigenvalue weighted by molar-refractivity contribution is -0.146. The molecule has 3 aromatic rings. The Morgan fingerprint density at radius 2 is 2.14 bits per heavy atom. The van der Waals surface area contributed by atoms with E-state index in [2.05, 4.69) is 20.1 Å².